The van der Waals surface area contributed by atoms with Gasteiger partial charge in [0.25, 0.3) is 0 Å². The molecule has 9 nitrogen and oxygen atoms in total. The molecule has 1 aliphatic rings. The minimum absolute atomic E-state index is 0.204. The van der Waals surface area contributed by atoms with Crippen molar-refractivity contribution < 1.29 is 14.3 Å². The van der Waals surface area contributed by atoms with E-state index >= 15 is 0 Å². The summed E-state index contributed by atoms with van der Waals surface area (Å²) >= 11 is 0. The Labute approximate surface area is 155 Å². The summed E-state index contributed by atoms with van der Waals surface area (Å²) < 4.78 is 12.3. The Morgan fingerprint density at radius 1 is 1.19 bits per heavy atom. The Bertz CT molecular complexity index is 987. The van der Waals surface area contributed by atoms with Crippen LogP contribution >= 0.6 is 0 Å². The highest BCUT2D eigenvalue weighted by atomic mass is 16.7. The molecule has 0 saturated heterocycles. The van der Waals surface area contributed by atoms with Gasteiger partial charge in [0.2, 0.25) is 6.79 Å². The number of carbonyl (C=O) groups is 1. The van der Waals surface area contributed by atoms with Gasteiger partial charge in [0.05, 0.1) is 11.7 Å². The fourth-order valence-electron chi connectivity index (χ4n) is 2.82. The number of anilines is 1. The van der Waals surface area contributed by atoms with Gasteiger partial charge in [0, 0.05) is 5.69 Å². The summed E-state index contributed by atoms with van der Waals surface area (Å²) in [5, 5.41) is 17.2. The van der Waals surface area contributed by atoms with Crippen LogP contribution in [-0.2, 0) is 0 Å². The van der Waals surface area contributed by atoms with E-state index in [4.69, 9.17) is 9.47 Å². The SMILES string of the molecule is Cc1nnnn1-c1cccc(NC(=O)N[C@@H](C)c2ccc3c(c2)OCO3)c1. The van der Waals surface area contributed by atoms with Gasteiger partial charge in [-0.25, -0.2) is 4.79 Å². The second kappa shape index (κ2) is 6.94. The number of rotatable bonds is 4. The highest BCUT2D eigenvalue weighted by molar-refractivity contribution is 5.89. The number of amides is 2. The van der Waals surface area contributed by atoms with Crippen molar-refractivity contribution >= 4 is 11.7 Å². The second-order valence-electron chi connectivity index (χ2n) is 6.12. The lowest BCUT2D eigenvalue weighted by Crippen LogP contribution is -2.31. The third kappa shape index (κ3) is 3.52. The molecule has 9 heteroatoms. The first-order chi connectivity index (χ1) is 13.1. The molecule has 0 aliphatic carbocycles. The summed E-state index contributed by atoms with van der Waals surface area (Å²) in [5.41, 5.74) is 2.32. The Kier molecular flexibility index (Phi) is 4.33. The van der Waals surface area contributed by atoms with E-state index in [0.717, 1.165) is 11.3 Å². The number of nitrogens with one attached hydrogen (secondary N) is 2. The van der Waals surface area contributed by atoms with Crippen LogP contribution in [0.3, 0.4) is 0 Å². The molecule has 2 amide bonds. The van der Waals surface area contributed by atoms with Crippen molar-refractivity contribution in [2.75, 3.05) is 12.1 Å². The molecule has 138 valence electrons. The van der Waals surface area contributed by atoms with Gasteiger partial charge >= 0.3 is 6.03 Å². The standard InChI is InChI=1S/C18H18N6O3/c1-11(13-6-7-16-17(8-13)27-10-26-16)19-18(25)20-14-4-3-5-15(9-14)24-12(2)21-22-23-24/h3-9,11H,10H2,1-2H3,(H2,19,20,25)/t11-/m0/s1. The predicted molar refractivity (Wildman–Crippen MR) is 97.0 cm³/mol. The third-order valence-electron chi connectivity index (χ3n) is 4.22. The normalized spacial score (nSPS) is 13.3. The summed E-state index contributed by atoms with van der Waals surface area (Å²) in [7, 11) is 0. The lowest BCUT2D eigenvalue weighted by atomic mass is 10.1. The first kappa shape index (κ1) is 16.8. The highest BCUT2D eigenvalue weighted by Gasteiger charge is 2.17. The molecular weight excluding hydrogens is 348 g/mol. The number of carbonyl (C=O) groups excluding carboxylic acids is 1. The van der Waals surface area contributed by atoms with E-state index < -0.39 is 0 Å². The number of aromatic nitrogens is 4. The molecule has 0 bridgehead atoms. The van der Waals surface area contributed by atoms with Crippen LogP contribution in [-0.4, -0.2) is 33.0 Å². The van der Waals surface area contributed by atoms with E-state index in [1.165, 1.54) is 0 Å². The lowest BCUT2D eigenvalue weighted by molar-refractivity contribution is 0.174. The maximum absolute atomic E-state index is 12.4. The minimum atomic E-state index is -0.314. The molecule has 1 aliphatic heterocycles. The molecule has 2 heterocycles. The highest BCUT2D eigenvalue weighted by Crippen LogP contribution is 2.34. The van der Waals surface area contributed by atoms with E-state index in [0.29, 0.717) is 23.0 Å². The number of nitrogens with zero attached hydrogens (tertiary/aromatic N) is 4. The fourth-order valence-corrected chi connectivity index (χ4v) is 2.82. The quantitative estimate of drug-likeness (QED) is 0.736. The topological polar surface area (TPSA) is 103 Å². The number of hydrogen-bond acceptors (Lipinski definition) is 6. The first-order valence-electron chi connectivity index (χ1n) is 8.42. The van der Waals surface area contributed by atoms with Gasteiger partial charge in [0.1, 0.15) is 0 Å². The van der Waals surface area contributed by atoms with Gasteiger partial charge in [-0.15, -0.1) is 5.10 Å². The number of urea groups is 1. The summed E-state index contributed by atoms with van der Waals surface area (Å²) in [4.78, 5) is 12.4. The lowest BCUT2D eigenvalue weighted by Gasteiger charge is -2.16. The average molecular weight is 366 g/mol. The van der Waals surface area contributed by atoms with Crippen molar-refractivity contribution in [2.45, 2.75) is 19.9 Å². The third-order valence-corrected chi connectivity index (χ3v) is 4.22. The zero-order valence-corrected chi connectivity index (χ0v) is 14.8. The van der Waals surface area contributed by atoms with Gasteiger partial charge in [0.15, 0.2) is 17.3 Å². The molecular formula is C18H18N6O3. The molecule has 1 atom stereocenters. The number of fused-ring (bicyclic) bond motifs is 1. The summed E-state index contributed by atoms with van der Waals surface area (Å²) in [6.45, 7) is 3.93. The predicted octanol–water partition coefficient (Wildman–Crippen LogP) is 2.58. The molecule has 0 fully saturated rings. The van der Waals surface area contributed by atoms with Crippen LogP contribution in [0.1, 0.15) is 24.4 Å². The van der Waals surface area contributed by atoms with Crippen LogP contribution in [0.5, 0.6) is 11.5 Å². The van der Waals surface area contributed by atoms with E-state index in [2.05, 4.69) is 26.2 Å². The maximum atomic E-state index is 12.4. The van der Waals surface area contributed by atoms with Crippen molar-refractivity contribution in [3.05, 3.63) is 53.9 Å². The molecule has 0 unspecified atom stereocenters. The number of aryl methyl sites for hydroxylation is 1. The summed E-state index contributed by atoms with van der Waals surface area (Å²) in [6.07, 6.45) is 0. The zero-order chi connectivity index (χ0) is 18.8. The number of hydrogen-bond donors (Lipinski definition) is 2. The Morgan fingerprint density at radius 2 is 2.04 bits per heavy atom. The van der Waals surface area contributed by atoms with E-state index in [1.54, 1.807) is 23.7 Å². The van der Waals surface area contributed by atoms with Crippen LogP contribution in [0.25, 0.3) is 5.69 Å². The van der Waals surface area contributed by atoms with Crippen molar-refractivity contribution in [1.82, 2.24) is 25.5 Å². The molecule has 2 N–H and O–H groups in total. The number of benzene rings is 2. The zero-order valence-electron chi connectivity index (χ0n) is 14.8. The smallest absolute Gasteiger partial charge is 0.319 e. The molecule has 2 aromatic carbocycles. The van der Waals surface area contributed by atoms with Crippen LogP contribution < -0.4 is 20.1 Å². The van der Waals surface area contributed by atoms with Crippen LogP contribution in [0.4, 0.5) is 10.5 Å². The maximum Gasteiger partial charge on any atom is 0.319 e. The summed E-state index contributed by atoms with van der Waals surface area (Å²) in [6, 6.07) is 12.4. The van der Waals surface area contributed by atoms with Gasteiger partial charge < -0.3 is 20.1 Å². The van der Waals surface area contributed by atoms with Crippen molar-refractivity contribution in [3.63, 3.8) is 0 Å². The van der Waals surface area contributed by atoms with Crippen molar-refractivity contribution in [1.29, 1.82) is 0 Å². The molecule has 4 rings (SSSR count). The Hall–Kier alpha value is -3.62. The monoisotopic (exact) mass is 366 g/mol. The molecule has 1 aromatic heterocycles. The molecule has 0 saturated carbocycles. The van der Waals surface area contributed by atoms with Gasteiger partial charge in [-0.2, -0.15) is 4.68 Å². The Balaban J connectivity index is 1.43. The van der Waals surface area contributed by atoms with Gasteiger partial charge in [-0.1, -0.05) is 12.1 Å². The molecule has 27 heavy (non-hydrogen) atoms. The summed E-state index contributed by atoms with van der Waals surface area (Å²) in [5.74, 6) is 2.06. The van der Waals surface area contributed by atoms with E-state index in [1.807, 2.05) is 37.3 Å². The molecule has 3 aromatic rings. The van der Waals surface area contributed by atoms with Gasteiger partial charge in [-0.3, -0.25) is 0 Å². The average Bonchev–Trinajstić information content (AvgIpc) is 3.29. The molecule has 0 radical (unpaired) electrons. The fraction of sp³-hybridized carbons (Fsp3) is 0.222. The largest absolute Gasteiger partial charge is 0.454 e. The van der Waals surface area contributed by atoms with E-state index in [-0.39, 0.29) is 18.9 Å². The molecule has 0 spiro atoms. The van der Waals surface area contributed by atoms with Crippen LogP contribution in [0.15, 0.2) is 42.5 Å². The Morgan fingerprint density at radius 3 is 2.85 bits per heavy atom. The van der Waals surface area contributed by atoms with Crippen LogP contribution in [0.2, 0.25) is 0 Å². The number of tetrazole rings is 1. The van der Waals surface area contributed by atoms with Crippen molar-refractivity contribution in [2.24, 2.45) is 0 Å². The van der Waals surface area contributed by atoms with Crippen molar-refractivity contribution in [3.8, 4) is 17.2 Å². The van der Waals surface area contributed by atoms with Gasteiger partial charge in [-0.05, 0) is 60.2 Å². The van der Waals surface area contributed by atoms with Crippen LogP contribution in [0, 0.1) is 6.92 Å². The second-order valence-corrected chi connectivity index (χ2v) is 6.12. The minimum Gasteiger partial charge on any atom is -0.454 e. The first-order valence-corrected chi connectivity index (χ1v) is 8.42. The van der Waals surface area contributed by atoms with E-state index in [9.17, 15) is 4.79 Å². The number of ether oxygens (including phenoxy) is 2.